The average Bonchev–Trinajstić information content (AvgIpc) is 2.78. The minimum atomic E-state index is -0.502. The highest BCUT2D eigenvalue weighted by atomic mass is 16.2. The number of amides is 1. The zero-order chi connectivity index (χ0) is 12.5. The van der Waals surface area contributed by atoms with E-state index >= 15 is 0 Å². The first-order valence-corrected chi connectivity index (χ1v) is 6.67. The fourth-order valence-corrected chi connectivity index (χ4v) is 5.00. The molecule has 3 fully saturated rings. The van der Waals surface area contributed by atoms with E-state index in [-0.39, 0.29) is 16.7 Å². The number of piperidine rings is 1. The fourth-order valence-electron chi connectivity index (χ4n) is 5.00. The van der Waals surface area contributed by atoms with E-state index in [1.54, 1.807) is 0 Å². The van der Waals surface area contributed by atoms with Gasteiger partial charge < -0.3 is 4.90 Å². The Hall–Kier alpha value is -1.04. The maximum absolute atomic E-state index is 12.1. The van der Waals surface area contributed by atoms with Crippen molar-refractivity contribution in [2.45, 2.75) is 52.0 Å². The van der Waals surface area contributed by atoms with E-state index in [4.69, 9.17) is 0 Å². The Kier molecular flexibility index (Phi) is 1.86. The molecule has 3 aliphatic rings. The molecule has 3 rings (SSSR count). The third-order valence-electron chi connectivity index (χ3n) is 6.34. The second-order valence-corrected chi connectivity index (χ2v) is 6.49. The Labute approximate surface area is 103 Å². The van der Waals surface area contributed by atoms with E-state index in [2.05, 4.69) is 19.9 Å². The van der Waals surface area contributed by atoms with Gasteiger partial charge in [0.25, 0.3) is 0 Å². The summed E-state index contributed by atoms with van der Waals surface area (Å²) in [6.45, 7) is 7.23. The van der Waals surface area contributed by atoms with Crippen LogP contribution < -0.4 is 0 Å². The van der Waals surface area contributed by atoms with Gasteiger partial charge in [0, 0.05) is 18.4 Å². The molecule has 0 aromatic heterocycles. The maximum Gasteiger partial charge on any atom is 0.223 e. The molecule has 0 aromatic rings. The SMILES string of the molecule is CCC(=O)N1C[C@]2(C)[C@H]3CC[C@]2(C)[C@]1(C#N)C3. The Morgan fingerprint density at radius 2 is 2.24 bits per heavy atom. The van der Waals surface area contributed by atoms with Crippen molar-refractivity contribution >= 4 is 5.91 Å². The van der Waals surface area contributed by atoms with Crippen LogP contribution in [0.5, 0.6) is 0 Å². The number of carbonyl (C=O) groups is 1. The number of likely N-dealkylation sites (tertiary alicyclic amines) is 1. The molecule has 1 saturated heterocycles. The van der Waals surface area contributed by atoms with Crippen LogP contribution in [0.2, 0.25) is 0 Å². The average molecular weight is 232 g/mol. The number of nitrogens with zero attached hydrogens (tertiary/aromatic N) is 2. The van der Waals surface area contributed by atoms with Crippen LogP contribution in [0.15, 0.2) is 0 Å². The Bertz CT molecular complexity index is 440. The van der Waals surface area contributed by atoms with Gasteiger partial charge in [0.15, 0.2) is 0 Å². The first-order valence-electron chi connectivity index (χ1n) is 6.67. The zero-order valence-electron chi connectivity index (χ0n) is 10.9. The van der Waals surface area contributed by atoms with Crippen molar-refractivity contribution < 1.29 is 4.79 Å². The number of hydrogen-bond acceptors (Lipinski definition) is 2. The molecule has 17 heavy (non-hydrogen) atoms. The lowest BCUT2D eigenvalue weighted by Crippen LogP contribution is -2.54. The molecule has 2 aliphatic carbocycles. The van der Waals surface area contributed by atoms with E-state index in [9.17, 15) is 10.1 Å². The van der Waals surface area contributed by atoms with Gasteiger partial charge in [-0.15, -0.1) is 0 Å². The van der Waals surface area contributed by atoms with Gasteiger partial charge in [0.2, 0.25) is 5.91 Å². The van der Waals surface area contributed by atoms with Crippen LogP contribution in [0.4, 0.5) is 0 Å². The molecule has 1 heterocycles. The molecule has 3 nitrogen and oxygen atoms in total. The molecular weight excluding hydrogens is 212 g/mol. The molecule has 0 spiro atoms. The third-order valence-corrected chi connectivity index (χ3v) is 6.34. The lowest BCUT2D eigenvalue weighted by atomic mass is 9.66. The second-order valence-electron chi connectivity index (χ2n) is 6.49. The molecule has 0 unspecified atom stereocenters. The summed E-state index contributed by atoms with van der Waals surface area (Å²) in [7, 11) is 0. The van der Waals surface area contributed by atoms with Crippen LogP contribution in [-0.4, -0.2) is 22.9 Å². The van der Waals surface area contributed by atoms with Crippen LogP contribution >= 0.6 is 0 Å². The fraction of sp³-hybridized carbons (Fsp3) is 0.857. The zero-order valence-corrected chi connectivity index (χ0v) is 10.9. The van der Waals surface area contributed by atoms with Crippen molar-refractivity contribution in [2.24, 2.45) is 16.7 Å². The number of carbonyl (C=O) groups excluding carboxylic acids is 1. The summed E-state index contributed by atoms with van der Waals surface area (Å²) in [6, 6.07) is 2.54. The third kappa shape index (κ3) is 0.863. The Morgan fingerprint density at radius 1 is 1.53 bits per heavy atom. The van der Waals surface area contributed by atoms with Gasteiger partial charge in [-0.2, -0.15) is 5.26 Å². The predicted octanol–water partition coefficient (Wildman–Crippen LogP) is 2.33. The summed E-state index contributed by atoms with van der Waals surface area (Å²) in [4.78, 5) is 14.0. The van der Waals surface area contributed by atoms with Gasteiger partial charge in [0.05, 0.1) is 6.07 Å². The minimum Gasteiger partial charge on any atom is -0.323 e. The number of rotatable bonds is 1. The summed E-state index contributed by atoms with van der Waals surface area (Å²) >= 11 is 0. The van der Waals surface area contributed by atoms with Crippen molar-refractivity contribution in [1.82, 2.24) is 4.90 Å². The highest BCUT2D eigenvalue weighted by molar-refractivity contribution is 5.79. The smallest absolute Gasteiger partial charge is 0.223 e. The summed E-state index contributed by atoms with van der Waals surface area (Å²) in [5, 5.41) is 9.72. The lowest BCUT2D eigenvalue weighted by molar-refractivity contribution is -0.137. The minimum absolute atomic E-state index is 0.0181. The van der Waals surface area contributed by atoms with E-state index in [1.807, 2.05) is 11.8 Å². The van der Waals surface area contributed by atoms with Crippen LogP contribution in [0.25, 0.3) is 0 Å². The highest BCUT2D eigenvalue weighted by Crippen LogP contribution is 2.75. The topological polar surface area (TPSA) is 44.1 Å². The van der Waals surface area contributed by atoms with Crippen molar-refractivity contribution in [3.05, 3.63) is 0 Å². The van der Waals surface area contributed by atoms with Gasteiger partial charge in [-0.25, -0.2) is 0 Å². The largest absolute Gasteiger partial charge is 0.323 e. The monoisotopic (exact) mass is 232 g/mol. The van der Waals surface area contributed by atoms with Crippen LogP contribution in [0.1, 0.15) is 46.5 Å². The Morgan fingerprint density at radius 3 is 2.76 bits per heavy atom. The molecule has 3 heteroatoms. The van der Waals surface area contributed by atoms with Crippen molar-refractivity contribution in [2.75, 3.05) is 6.54 Å². The standard InChI is InChI=1S/C14H20N2O/c1-4-11(17)16-9-12(2)10-5-6-13(12,3)14(16,7-10)8-15/h10H,4-7,9H2,1-3H3/t10-,12+,13-,14+/m0/s1. The van der Waals surface area contributed by atoms with Gasteiger partial charge in [-0.3, -0.25) is 4.79 Å². The van der Waals surface area contributed by atoms with Crippen LogP contribution in [0, 0.1) is 28.1 Å². The second kappa shape index (κ2) is 2.85. The Balaban J connectivity index is 2.13. The molecule has 2 saturated carbocycles. The van der Waals surface area contributed by atoms with Gasteiger partial charge in [-0.1, -0.05) is 20.8 Å². The number of hydrogen-bond donors (Lipinski definition) is 0. The maximum atomic E-state index is 12.1. The van der Waals surface area contributed by atoms with E-state index in [1.165, 1.54) is 6.42 Å². The van der Waals surface area contributed by atoms with Crippen molar-refractivity contribution in [3.8, 4) is 6.07 Å². The molecule has 0 radical (unpaired) electrons. The molecule has 0 N–H and O–H groups in total. The summed E-state index contributed by atoms with van der Waals surface area (Å²) in [5.41, 5.74) is -0.310. The lowest BCUT2D eigenvalue weighted by Gasteiger charge is -2.43. The highest BCUT2D eigenvalue weighted by Gasteiger charge is 2.78. The van der Waals surface area contributed by atoms with Gasteiger partial charge >= 0.3 is 0 Å². The first kappa shape index (κ1) is 11.1. The van der Waals surface area contributed by atoms with Crippen molar-refractivity contribution in [3.63, 3.8) is 0 Å². The van der Waals surface area contributed by atoms with Crippen LogP contribution in [0.3, 0.4) is 0 Å². The summed E-state index contributed by atoms with van der Waals surface area (Å²) in [6.07, 6.45) is 3.77. The van der Waals surface area contributed by atoms with Gasteiger partial charge in [-0.05, 0) is 30.6 Å². The van der Waals surface area contributed by atoms with E-state index in [0.717, 1.165) is 19.4 Å². The molecule has 1 aliphatic heterocycles. The summed E-state index contributed by atoms with van der Waals surface area (Å²) in [5.74, 6) is 0.801. The van der Waals surface area contributed by atoms with Crippen LogP contribution in [-0.2, 0) is 4.79 Å². The molecule has 0 aromatic carbocycles. The molecule has 92 valence electrons. The molecule has 4 bridgehead atoms. The molecule has 4 atom stereocenters. The van der Waals surface area contributed by atoms with E-state index in [0.29, 0.717) is 12.3 Å². The normalized spacial score (nSPS) is 50.7. The van der Waals surface area contributed by atoms with Crippen molar-refractivity contribution in [1.29, 1.82) is 5.26 Å². The quantitative estimate of drug-likeness (QED) is 0.696. The predicted molar refractivity (Wildman–Crippen MR) is 63.9 cm³/mol. The van der Waals surface area contributed by atoms with Gasteiger partial charge in [0.1, 0.15) is 5.54 Å². The molecule has 1 amide bonds. The first-order chi connectivity index (χ1) is 7.95. The summed E-state index contributed by atoms with van der Waals surface area (Å²) < 4.78 is 0. The molecular formula is C14H20N2O. The van der Waals surface area contributed by atoms with E-state index < -0.39 is 5.54 Å². The number of nitriles is 1.